The van der Waals surface area contributed by atoms with E-state index in [1.807, 2.05) is 79.7 Å². The molecule has 35 heavy (non-hydrogen) atoms. The van der Waals surface area contributed by atoms with Gasteiger partial charge in [-0.15, -0.1) is 0 Å². The Kier molecular flexibility index (Phi) is 6.25. The molecule has 1 N–H and O–H groups in total. The summed E-state index contributed by atoms with van der Waals surface area (Å²) in [6.45, 7) is 4.06. The molecule has 5 nitrogen and oxygen atoms in total. The summed E-state index contributed by atoms with van der Waals surface area (Å²) >= 11 is 6.21. The highest BCUT2D eigenvalue weighted by Crippen LogP contribution is 2.28. The highest BCUT2D eigenvalue weighted by Gasteiger charge is 2.10. The van der Waals surface area contributed by atoms with Crippen LogP contribution < -0.4 is 5.32 Å². The van der Waals surface area contributed by atoms with Crippen molar-refractivity contribution >= 4 is 40.4 Å². The number of nitrogens with zero attached hydrogens (tertiary/aromatic N) is 1. The zero-order valence-electron chi connectivity index (χ0n) is 19.3. The van der Waals surface area contributed by atoms with E-state index in [1.165, 1.54) is 11.6 Å². The molecular formula is C29H23ClN2O3. The first-order chi connectivity index (χ1) is 17.0. The van der Waals surface area contributed by atoms with Crippen LogP contribution >= 0.6 is 11.6 Å². The lowest BCUT2D eigenvalue weighted by Crippen LogP contribution is -2.07. The number of anilines is 1. The molecule has 0 bridgehead atoms. The molecule has 0 radical (unpaired) electrons. The minimum Gasteiger partial charge on any atom is -0.457 e. The number of fused-ring (bicyclic) bond motifs is 1. The van der Waals surface area contributed by atoms with Crippen LogP contribution in [0.3, 0.4) is 0 Å². The number of aryl methyl sites for hydroxylation is 2. The number of hydrogen-bond acceptors (Lipinski definition) is 4. The maximum atomic E-state index is 12.4. The summed E-state index contributed by atoms with van der Waals surface area (Å²) in [5.74, 6) is 1.55. The van der Waals surface area contributed by atoms with E-state index in [0.29, 0.717) is 28.1 Å². The van der Waals surface area contributed by atoms with Crippen molar-refractivity contribution in [3.8, 4) is 22.8 Å². The predicted octanol–water partition coefficient (Wildman–Crippen LogP) is 7.93. The average Bonchev–Trinajstić information content (AvgIpc) is 3.51. The Labute approximate surface area is 208 Å². The molecule has 0 saturated carbocycles. The van der Waals surface area contributed by atoms with E-state index in [1.54, 1.807) is 6.08 Å². The van der Waals surface area contributed by atoms with Gasteiger partial charge in [-0.2, -0.15) is 0 Å². The van der Waals surface area contributed by atoms with Crippen molar-refractivity contribution in [2.45, 2.75) is 20.3 Å². The molecule has 1 amide bonds. The van der Waals surface area contributed by atoms with Crippen molar-refractivity contribution in [3.05, 3.63) is 101 Å². The van der Waals surface area contributed by atoms with Crippen molar-refractivity contribution in [2.75, 3.05) is 5.32 Å². The molecule has 2 heterocycles. The van der Waals surface area contributed by atoms with Crippen LogP contribution in [0.25, 0.3) is 40.0 Å². The van der Waals surface area contributed by atoms with E-state index in [4.69, 9.17) is 20.4 Å². The lowest BCUT2D eigenvalue weighted by molar-refractivity contribution is -0.111. The summed E-state index contributed by atoms with van der Waals surface area (Å²) in [4.78, 5) is 17.0. The first-order valence-corrected chi connectivity index (χ1v) is 11.7. The summed E-state index contributed by atoms with van der Waals surface area (Å²) in [7, 11) is 0. The van der Waals surface area contributed by atoms with Gasteiger partial charge in [0.05, 0.1) is 0 Å². The molecule has 0 fully saturated rings. The molecule has 0 spiro atoms. The van der Waals surface area contributed by atoms with Crippen LogP contribution in [0.4, 0.5) is 5.69 Å². The minimum absolute atomic E-state index is 0.261. The van der Waals surface area contributed by atoms with Crippen LogP contribution in [0.15, 0.2) is 87.7 Å². The maximum absolute atomic E-state index is 12.4. The van der Waals surface area contributed by atoms with Gasteiger partial charge in [-0.1, -0.05) is 36.7 Å². The number of amides is 1. The quantitative estimate of drug-likeness (QED) is 0.249. The van der Waals surface area contributed by atoms with E-state index in [0.717, 1.165) is 34.2 Å². The third-order valence-corrected chi connectivity index (χ3v) is 6.15. The molecule has 5 rings (SSSR count). The Morgan fingerprint density at radius 2 is 1.77 bits per heavy atom. The fourth-order valence-corrected chi connectivity index (χ4v) is 3.88. The normalized spacial score (nSPS) is 11.4. The van der Waals surface area contributed by atoms with Crippen molar-refractivity contribution in [3.63, 3.8) is 0 Å². The molecule has 174 valence electrons. The molecule has 5 aromatic rings. The second-order valence-corrected chi connectivity index (χ2v) is 8.65. The van der Waals surface area contributed by atoms with Gasteiger partial charge in [-0.3, -0.25) is 4.79 Å². The number of oxazole rings is 1. The summed E-state index contributed by atoms with van der Waals surface area (Å²) in [5.41, 5.74) is 6.21. The van der Waals surface area contributed by atoms with Gasteiger partial charge in [-0.05, 0) is 85.1 Å². The van der Waals surface area contributed by atoms with Gasteiger partial charge in [0.25, 0.3) is 0 Å². The highest BCUT2D eigenvalue weighted by atomic mass is 35.5. The van der Waals surface area contributed by atoms with Gasteiger partial charge < -0.3 is 14.2 Å². The zero-order chi connectivity index (χ0) is 24.4. The standard InChI is InChI=1S/C29H23ClN2O3/c1-3-19-5-13-27-25(16-19)32-29(35-27)20-7-9-22(10-8-20)31-28(33)15-12-23-11-14-26(34-23)21-6-4-18(2)24(30)17-21/h4-17H,3H2,1-2H3,(H,31,33)/b15-12+. The van der Waals surface area contributed by atoms with E-state index in [9.17, 15) is 4.79 Å². The Bertz CT molecular complexity index is 1540. The fourth-order valence-electron chi connectivity index (χ4n) is 3.70. The van der Waals surface area contributed by atoms with Crippen LogP contribution in [0, 0.1) is 6.92 Å². The van der Waals surface area contributed by atoms with Gasteiger partial charge in [0.15, 0.2) is 5.58 Å². The highest BCUT2D eigenvalue weighted by molar-refractivity contribution is 6.31. The number of hydrogen-bond donors (Lipinski definition) is 1. The maximum Gasteiger partial charge on any atom is 0.248 e. The van der Waals surface area contributed by atoms with Gasteiger partial charge in [-0.25, -0.2) is 4.98 Å². The van der Waals surface area contributed by atoms with Crippen molar-refractivity contribution in [2.24, 2.45) is 0 Å². The summed E-state index contributed by atoms with van der Waals surface area (Å²) in [6, 6.07) is 22.8. The fraction of sp³-hybridized carbons (Fsp3) is 0.103. The number of furan rings is 1. The Morgan fingerprint density at radius 3 is 2.54 bits per heavy atom. The van der Waals surface area contributed by atoms with Crippen LogP contribution in [0.1, 0.15) is 23.8 Å². The van der Waals surface area contributed by atoms with E-state index < -0.39 is 0 Å². The number of carbonyl (C=O) groups is 1. The van der Waals surface area contributed by atoms with Gasteiger partial charge in [0.1, 0.15) is 17.0 Å². The van der Waals surface area contributed by atoms with Gasteiger partial charge in [0, 0.05) is 27.9 Å². The molecule has 3 aromatic carbocycles. The SMILES string of the molecule is CCc1ccc2oc(-c3ccc(NC(=O)/C=C/c4ccc(-c5ccc(C)c(Cl)c5)o4)cc3)nc2c1. The van der Waals surface area contributed by atoms with Gasteiger partial charge in [0.2, 0.25) is 11.8 Å². The van der Waals surface area contributed by atoms with Crippen LogP contribution in [0.2, 0.25) is 5.02 Å². The first-order valence-electron chi connectivity index (χ1n) is 11.3. The lowest BCUT2D eigenvalue weighted by Gasteiger charge is -2.03. The van der Waals surface area contributed by atoms with Crippen molar-refractivity contribution in [1.29, 1.82) is 0 Å². The number of carbonyl (C=O) groups excluding carboxylic acids is 1. The minimum atomic E-state index is -0.261. The lowest BCUT2D eigenvalue weighted by atomic mass is 10.1. The molecule has 2 aromatic heterocycles. The molecule has 6 heteroatoms. The second kappa shape index (κ2) is 9.65. The smallest absolute Gasteiger partial charge is 0.248 e. The van der Waals surface area contributed by atoms with E-state index in [2.05, 4.69) is 17.2 Å². The Hall–Kier alpha value is -4.09. The molecule has 0 atom stereocenters. The molecule has 0 unspecified atom stereocenters. The van der Waals surface area contributed by atoms with Crippen molar-refractivity contribution in [1.82, 2.24) is 4.98 Å². The molecule has 0 aliphatic rings. The third-order valence-electron chi connectivity index (χ3n) is 5.74. The Balaban J connectivity index is 1.23. The summed E-state index contributed by atoms with van der Waals surface area (Å²) in [5, 5.41) is 3.53. The monoisotopic (exact) mass is 482 g/mol. The molecular weight excluding hydrogens is 460 g/mol. The van der Waals surface area contributed by atoms with Crippen molar-refractivity contribution < 1.29 is 13.6 Å². The first kappa shape index (κ1) is 22.7. The zero-order valence-corrected chi connectivity index (χ0v) is 20.1. The van der Waals surface area contributed by atoms with E-state index in [-0.39, 0.29) is 5.91 Å². The van der Waals surface area contributed by atoms with Crippen LogP contribution in [0.5, 0.6) is 0 Å². The topological polar surface area (TPSA) is 68.3 Å². The summed E-state index contributed by atoms with van der Waals surface area (Å²) < 4.78 is 11.7. The number of benzene rings is 3. The van der Waals surface area contributed by atoms with Gasteiger partial charge >= 0.3 is 0 Å². The molecule has 0 aliphatic heterocycles. The predicted molar refractivity (Wildman–Crippen MR) is 140 cm³/mol. The Morgan fingerprint density at radius 1 is 0.971 bits per heavy atom. The van der Waals surface area contributed by atoms with Crippen LogP contribution in [-0.4, -0.2) is 10.9 Å². The second-order valence-electron chi connectivity index (χ2n) is 8.24. The van der Waals surface area contributed by atoms with Crippen LogP contribution in [-0.2, 0) is 11.2 Å². The summed E-state index contributed by atoms with van der Waals surface area (Å²) in [6.07, 6.45) is 4.01. The number of halogens is 1. The largest absolute Gasteiger partial charge is 0.457 e. The third kappa shape index (κ3) is 5.05. The van der Waals surface area contributed by atoms with E-state index >= 15 is 0 Å². The number of nitrogens with one attached hydrogen (secondary N) is 1. The molecule has 0 saturated heterocycles. The average molecular weight is 483 g/mol. The number of rotatable bonds is 6. The molecule has 0 aliphatic carbocycles. The number of aromatic nitrogens is 1.